The molecule has 3 heteroatoms. The van der Waals surface area contributed by atoms with Gasteiger partial charge in [-0.1, -0.05) is 33.8 Å². The lowest BCUT2D eigenvalue weighted by atomic mass is 10.0. The lowest BCUT2D eigenvalue weighted by molar-refractivity contribution is 0.199. The maximum atomic E-state index is 14.4. The number of benzene rings is 1. The molecule has 2 nitrogen and oxygen atoms in total. The van der Waals surface area contributed by atoms with E-state index in [2.05, 4.69) is 32.6 Å². The number of aliphatic hydroxyl groups is 1. The highest BCUT2D eigenvalue weighted by atomic mass is 19.1. The van der Waals surface area contributed by atoms with Crippen molar-refractivity contribution in [3.8, 4) is 0 Å². The summed E-state index contributed by atoms with van der Waals surface area (Å²) in [6.07, 6.45) is 1.37. The average Bonchev–Trinajstić information content (AvgIpc) is 2.38. The van der Waals surface area contributed by atoms with E-state index in [1.54, 1.807) is 13.0 Å². The summed E-state index contributed by atoms with van der Waals surface area (Å²) in [6.45, 7) is 11.1. The Kier molecular flexibility index (Phi) is 6.47. The molecule has 0 aromatic heterocycles. The molecule has 0 aliphatic heterocycles. The number of nitrogens with zero attached hydrogens (tertiary/aromatic N) is 1. The minimum absolute atomic E-state index is 0.240. The summed E-state index contributed by atoms with van der Waals surface area (Å²) in [6, 6.07) is 5.43. The van der Waals surface area contributed by atoms with Crippen LogP contribution in [0.4, 0.5) is 10.1 Å². The summed E-state index contributed by atoms with van der Waals surface area (Å²) in [5.74, 6) is 0.238. The van der Waals surface area contributed by atoms with E-state index in [4.69, 9.17) is 0 Å². The van der Waals surface area contributed by atoms with Crippen molar-refractivity contribution in [1.29, 1.82) is 0 Å². The van der Waals surface area contributed by atoms with Gasteiger partial charge in [0.05, 0.1) is 11.8 Å². The molecule has 0 saturated carbocycles. The summed E-state index contributed by atoms with van der Waals surface area (Å²) < 4.78 is 14.4. The average molecular weight is 281 g/mol. The lowest BCUT2D eigenvalue weighted by Gasteiger charge is -2.34. The summed E-state index contributed by atoms with van der Waals surface area (Å²) in [4.78, 5) is 2.17. The van der Waals surface area contributed by atoms with Crippen molar-refractivity contribution in [2.75, 3.05) is 11.4 Å². The van der Waals surface area contributed by atoms with Crippen molar-refractivity contribution < 1.29 is 9.50 Å². The van der Waals surface area contributed by atoms with E-state index in [0.29, 0.717) is 23.2 Å². The minimum Gasteiger partial charge on any atom is -0.389 e. The molecule has 0 aliphatic rings. The molecule has 1 aromatic carbocycles. The zero-order chi connectivity index (χ0) is 15.3. The van der Waals surface area contributed by atoms with Gasteiger partial charge >= 0.3 is 0 Å². The minimum atomic E-state index is -0.634. The van der Waals surface area contributed by atoms with E-state index in [-0.39, 0.29) is 5.82 Å². The van der Waals surface area contributed by atoms with Crippen LogP contribution >= 0.6 is 0 Å². The predicted molar refractivity (Wildman–Crippen MR) is 83.6 cm³/mol. The fourth-order valence-electron chi connectivity index (χ4n) is 2.58. The third-order valence-electron chi connectivity index (χ3n) is 3.71. The van der Waals surface area contributed by atoms with Gasteiger partial charge in [-0.15, -0.1) is 0 Å². The SMILES string of the molecule is CCC(CC)N(CC(C)C)c1ccc([C@@H](C)O)cc1F. The van der Waals surface area contributed by atoms with E-state index >= 15 is 0 Å². The molecule has 0 saturated heterocycles. The topological polar surface area (TPSA) is 23.5 Å². The molecule has 0 bridgehead atoms. The third-order valence-corrected chi connectivity index (χ3v) is 3.71. The van der Waals surface area contributed by atoms with Crippen LogP contribution in [0.5, 0.6) is 0 Å². The normalized spacial score (nSPS) is 13.1. The lowest BCUT2D eigenvalue weighted by Crippen LogP contribution is -2.38. The van der Waals surface area contributed by atoms with Crippen molar-refractivity contribution in [2.24, 2.45) is 5.92 Å². The molecular weight excluding hydrogens is 253 g/mol. The quantitative estimate of drug-likeness (QED) is 0.793. The molecular formula is C17H28FNO. The van der Waals surface area contributed by atoms with Crippen LogP contribution in [0.15, 0.2) is 18.2 Å². The maximum Gasteiger partial charge on any atom is 0.146 e. The molecule has 20 heavy (non-hydrogen) atoms. The molecule has 0 unspecified atom stereocenters. The van der Waals surface area contributed by atoms with Gasteiger partial charge in [-0.2, -0.15) is 0 Å². The van der Waals surface area contributed by atoms with Crippen LogP contribution < -0.4 is 4.90 Å². The predicted octanol–water partition coefficient (Wildman–Crippen LogP) is 4.53. The highest BCUT2D eigenvalue weighted by Crippen LogP contribution is 2.27. The van der Waals surface area contributed by atoms with Gasteiger partial charge in [0, 0.05) is 12.6 Å². The Morgan fingerprint density at radius 3 is 2.15 bits per heavy atom. The van der Waals surface area contributed by atoms with Gasteiger partial charge in [-0.25, -0.2) is 4.39 Å². The Morgan fingerprint density at radius 2 is 1.75 bits per heavy atom. The molecule has 0 heterocycles. The van der Waals surface area contributed by atoms with Gasteiger partial charge < -0.3 is 10.0 Å². The van der Waals surface area contributed by atoms with Gasteiger partial charge in [0.1, 0.15) is 5.82 Å². The molecule has 0 fully saturated rings. The zero-order valence-electron chi connectivity index (χ0n) is 13.4. The first kappa shape index (κ1) is 17.0. The summed E-state index contributed by atoms with van der Waals surface area (Å²) in [7, 11) is 0. The number of hydrogen-bond acceptors (Lipinski definition) is 2. The second-order valence-electron chi connectivity index (χ2n) is 5.90. The van der Waals surface area contributed by atoms with E-state index in [0.717, 1.165) is 19.4 Å². The van der Waals surface area contributed by atoms with Crippen molar-refractivity contribution in [3.05, 3.63) is 29.6 Å². The fraction of sp³-hybridized carbons (Fsp3) is 0.647. The number of rotatable bonds is 7. The smallest absolute Gasteiger partial charge is 0.146 e. The fourth-order valence-corrected chi connectivity index (χ4v) is 2.58. The number of anilines is 1. The van der Waals surface area contributed by atoms with Gasteiger partial charge in [0.15, 0.2) is 0 Å². The van der Waals surface area contributed by atoms with E-state index in [9.17, 15) is 9.50 Å². The number of aliphatic hydroxyl groups excluding tert-OH is 1. The highest BCUT2D eigenvalue weighted by molar-refractivity contribution is 5.50. The first-order valence-corrected chi connectivity index (χ1v) is 7.64. The molecule has 0 aliphatic carbocycles. The van der Waals surface area contributed by atoms with E-state index in [1.807, 2.05) is 6.07 Å². The number of hydrogen-bond donors (Lipinski definition) is 1. The second kappa shape index (κ2) is 7.63. The Hall–Kier alpha value is -1.09. The van der Waals surface area contributed by atoms with E-state index < -0.39 is 6.10 Å². The van der Waals surface area contributed by atoms with Crippen LogP contribution in [0, 0.1) is 11.7 Å². The van der Waals surface area contributed by atoms with Gasteiger partial charge in [0.2, 0.25) is 0 Å². The monoisotopic (exact) mass is 281 g/mol. The molecule has 1 rings (SSSR count). The van der Waals surface area contributed by atoms with Crippen molar-refractivity contribution in [1.82, 2.24) is 0 Å². The maximum absolute atomic E-state index is 14.4. The van der Waals surface area contributed by atoms with Gasteiger partial charge in [0.25, 0.3) is 0 Å². The molecule has 1 atom stereocenters. The van der Waals surface area contributed by atoms with Crippen LogP contribution in [-0.4, -0.2) is 17.7 Å². The summed E-state index contributed by atoms with van der Waals surface area (Å²) in [5, 5.41) is 9.54. The Morgan fingerprint density at radius 1 is 1.15 bits per heavy atom. The molecule has 0 amide bonds. The molecule has 0 spiro atoms. The number of halogens is 1. The Balaban J connectivity index is 3.13. The van der Waals surface area contributed by atoms with Gasteiger partial charge in [-0.05, 0) is 43.4 Å². The van der Waals surface area contributed by atoms with Crippen LogP contribution in [0.25, 0.3) is 0 Å². The zero-order valence-corrected chi connectivity index (χ0v) is 13.4. The first-order valence-electron chi connectivity index (χ1n) is 7.64. The van der Waals surface area contributed by atoms with Crippen LogP contribution in [-0.2, 0) is 0 Å². The van der Waals surface area contributed by atoms with Crippen LogP contribution in [0.2, 0.25) is 0 Å². The highest BCUT2D eigenvalue weighted by Gasteiger charge is 2.20. The van der Waals surface area contributed by atoms with Gasteiger partial charge in [-0.3, -0.25) is 0 Å². The van der Waals surface area contributed by atoms with Crippen LogP contribution in [0.3, 0.4) is 0 Å². The summed E-state index contributed by atoms with van der Waals surface area (Å²) >= 11 is 0. The third kappa shape index (κ3) is 4.20. The largest absolute Gasteiger partial charge is 0.389 e. The Labute approximate surface area is 122 Å². The first-order chi connectivity index (χ1) is 9.40. The molecule has 114 valence electrons. The molecule has 1 N–H and O–H groups in total. The van der Waals surface area contributed by atoms with Crippen LogP contribution in [0.1, 0.15) is 59.1 Å². The Bertz CT molecular complexity index is 413. The van der Waals surface area contributed by atoms with Crippen molar-refractivity contribution >= 4 is 5.69 Å². The van der Waals surface area contributed by atoms with Crippen molar-refractivity contribution in [3.63, 3.8) is 0 Å². The molecule has 1 aromatic rings. The standard InChI is InChI=1S/C17H28FNO/c1-6-15(7-2)19(11-12(3)4)17-9-8-14(13(5)20)10-16(17)18/h8-10,12-13,15,20H,6-7,11H2,1-5H3/t13-/m1/s1. The van der Waals surface area contributed by atoms with Crippen molar-refractivity contribution in [2.45, 2.75) is 59.6 Å². The summed E-state index contributed by atoms with van der Waals surface area (Å²) in [5.41, 5.74) is 1.28. The second-order valence-corrected chi connectivity index (χ2v) is 5.90. The van der Waals surface area contributed by atoms with E-state index in [1.165, 1.54) is 6.07 Å². The molecule has 0 radical (unpaired) electrons.